The summed E-state index contributed by atoms with van der Waals surface area (Å²) in [6.45, 7) is 0.0192. The van der Waals surface area contributed by atoms with Crippen LogP contribution in [0.25, 0.3) is 11.3 Å². The highest BCUT2D eigenvalue weighted by Gasteiger charge is 2.38. The van der Waals surface area contributed by atoms with Crippen LogP contribution in [0.1, 0.15) is 16.8 Å². The second-order valence-electron chi connectivity index (χ2n) is 5.17. The van der Waals surface area contributed by atoms with Gasteiger partial charge in [-0.15, -0.1) is 11.8 Å². The maximum Gasteiger partial charge on any atom is 0.431 e. The molecule has 0 unspecified atom stereocenters. The van der Waals surface area contributed by atoms with E-state index < -0.39 is 11.9 Å². The molecular weight excluding hydrogens is 359 g/mol. The molecule has 1 N–H and O–H groups in total. The highest BCUT2D eigenvalue weighted by atomic mass is 35.5. The van der Waals surface area contributed by atoms with E-state index >= 15 is 0 Å². The average molecular weight is 370 g/mol. The topological polar surface area (TPSA) is 42.8 Å². The summed E-state index contributed by atoms with van der Waals surface area (Å²) in [5.41, 5.74) is -0.266. The Morgan fingerprint density at radius 2 is 2.00 bits per heavy atom. The fourth-order valence-corrected chi connectivity index (χ4v) is 3.35. The minimum absolute atomic E-state index is 0.00921. The van der Waals surface area contributed by atoms with Gasteiger partial charge in [-0.25, -0.2) is 0 Å². The molecule has 0 saturated heterocycles. The van der Waals surface area contributed by atoms with Gasteiger partial charge in [-0.3, -0.25) is 0 Å². The van der Waals surface area contributed by atoms with E-state index in [1.54, 1.807) is 35.4 Å². The number of aromatic nitrogens is 1. The van der Waals surface area contributed by atoms with Gasteiger partial charge in [0.1, 0.15) is 11.8 Å². The van der Waals surface area contributed by atoms with Crippen molar-refractivity contribution in [2.24, 2.45) is 0 Å². The number of alkyl halides is 3. The van der Waals surface area contributed by atoms with Crippen LogP contribution >= 0.6 is 23.4 Å². The summed E-state index contributed by atoms with van der Waals surface area (Å²) < 4.78 is 40.3. The van der Waals surface area contributed by atoms with Crippen molar-refractivity contribution in [2.45, 2.75) is 12.7 Å². The van der Waals surface area contributed by atoms with Gasteiger partial charge in [0.2, 0.25) is 0 Å². The van der Waals surface area contributed by atoms with Crippen LogP contribution in [0.3, 0.4) is 0 Å². The molecule has 8 heteroatoms. The van der Waals surface area contributed by atoms with Gasteiger partial charge < -0.3 is 9.88 Å². The molecule has 0 spiro atoms. The molecule has 0 fully saturated rings. The second-order valence-corrected chi connectivity index (χ2v) is 6.47. The number of H-pyrrole nitrogens is 1. The Hall–Kier alpha value is -2.04. The monoisotopic (exact) mass is 369 g/mol. The summed E-state index contributed by atoms with van der Waals surface area (Å²) >= 11 is 7.31. The van der Waals surface area contributed by atoms with Crippen LogP contribution in [-0.2, 0) is 12.7 Å². The normalized spacial score (nSPS) is 14.2. The molecule has 1 aliphatic heterocycles. The third-order valence-corrected chi connectivity index (χ3v) is 4.65. The van der Waals surface area contributed by atoms with Crippen molar-refractivity contribution in [1.82, 2.24) is 9.88 Å². The quantitative estimate of drug-likeness (QED) is 0.808. The van der Waals surface area contributed by atoms with E-state index in [9.17, 15) is 18.4 Å². The van der Waals surface area contributed by atoms with Crippen LogP contribution in [0.4, 0.5) is 13.2 Å². The van der Waals surface area contributed by atoms with Gasteiger partial charge in [-0.05, 0) is 23.1 Å². The first kappa shape index (κ1) is 16.8. The van der Waals surface area contributed by atoms with Crippen LogP contribution in [-0.4, -0.2) is 15.8 Å². The molecule has 0 bridgehead atoms. The van der Waals surface area contributed by atoms with Crippen molar-refractivity contribution in [2.75, 3.05) is 5.88 Å². The van der Waals surface area contributed by atoms with E-state index in [2.05, 4.69) is 4.98 Å². The minimum Gasteiger partial charge on any atom is -0.363 e. The van der Waals surface area contributed by atoms with Gasteiger partial charge in [0, 0.05) is 23.3 Å². The van der Waals surface area contributed by atoms with Crippen LogP contribution in [0, 0.1) is 11.3 Å². The molecule has 3 rings (SSSR count). The zero-order valence-corrected chi connectivity index (χ0v) is 13.8. The van der Waals surface area contributed by atoms with Crippen LogP contribution in [0.2, 0.25) is 5.02 Å². The van der Waals surface area contributed by atoms with Gasteiger partial charge >= 0.3 is 6.18 Å². The van der Waals surface area contributed by atoms with Crippen molar-refractivity contribution in [3.8, 4) is 17.3 Å². The number of halogens is 4. The molecule has 124 valence electrons. The lowest BCUT2D eigenvalue weighted by atomic mass is 10.0. The Morgan fingerprint density at radius 3 is 2.54 bits per heavy atom. The Morgan fingerprint density at radius 1 is 1.29 bits per heavy atom. The molecule has 0 aliphatic carbocycles. The van der Waals surface area contributed by atoms with E-state index in [0.717, 1.165) is 0 Å². The predicted octanol–water partition coefficient (Wildman–Crippen LogP) is 5.20. The summed E-state index contributed by atoms with van der Waals surface area (Å²) in [5.74, 6) is 0.559. The Labute approximate surface area is 145 Å². The number of benzene rings is 1. The largest absolute Gasteiger partial charge is 0.431 e. The van der Waals surface area contributed by atoms with E-state index in [0.29, 0.717) is 16.5 Å². The van der Waals surface area contributed by atoms with Crippen LogP contribution in [0.5, 0.6) is 0 Å². The maximum absolute atomic E-state index is 13.4. The fraction of sp³-hybridized carbons (Fsp3) is 0.188. The number of aromatic amines is 1. The number of thioether (sulfide) groups is 1. The van der Waals surface area contributed by atoms with Gasteiger partial charge in [-0.1, -0.05) is 23.7 Å². The number of rotatable bonds is 3. The minimum atomic E-state index is -4.57. The summed E-state index contributed by atoms with van der Waals surface area (Å²) in [6.07, 6.45) is -2.84. The predicted molar refractivity (Wildman–Crippen MR) is 88.1 cm³/mol. The molecule has 1 aromatic heterocycles. The van der Waals surface area contributed by atoms with Crippen molar-refractivity contribution >= 4 is 23.4 Å². The smallest absolute Gasteiger partial charge is 0.363 e. The fourth-order valence-electron chi connectivity index (χ4n) is 2.51. The van der Waals surface area contributed by atoms with Crippen molar-refractivity contribution in [3.63, 3.8) is 0 Å². The highest BCUT2D eigenvalue weighted by Crippen LogP contribution is 2.38. The number of nitriles is 1. The Kier molecular flexibility index (Phi) is 4.52. The van der Waals surface area contributed by atoms with E-state index in [1.807, 2.05) is 11.5 Å². The summed E-state index contributed by atoms with van der Waals surface area (Å²) in [4.78, 5) is 4.13. The van der Waals surface area contributed by atoms with Crippen molar-refractivity contribution < 1.29 is 13.2 Å². The lowest BCUT2D eigenvalue weighted by molar-refractivity contribution is -0.141. The summed E-state index contributed by atoms with van der Waals surface area (Å²) in [5, 5.41) is 11.7. The zero-order chi connectivity index (χ0) is 17.3. The molecule has 0 saturated carbocycles. The Balaban J connectivity index is 2.13. The summed E-state index contributed by atoms with van der Waals surface area (Å²) in [6, 6.07) is 8.25. The molecule has 2 aromatic rings. The lowest BCUT2D eigenvalue weighted by Gasteiger charge is -2.16. The zero-order valence-electron chi connectivity index (χ0n) is 12.2. The first-order valence-corrected chi connectivity index (χ1v) is 8.33. The van der Waals surface area contributed by atoms with Crippen LogP contribution < -0.4 is 0 Å². The van der Waals surface area contributed by atoms with E-state index in [1.165, 1.54) is 11.8 Å². The third kappa shape index (κ3) is 3.25. The van der Waals surface area contributed by atoms with Gasteiger partial charge in [-0.2, -0.15) is 18.4 Å². The standard InChI is InChI=1S/C16H11ClF3N3S/c17-11-3-1-10(2-4-11)14-12(7-21)13(8-23-5-6-24-9-23)15(22-14)16(18,19)20/h1-6,22H,8-9H2. The number of hydrogen-bond donors (Lipinski definition) is 1. The molecule has 1 aromatic carbocycles. The second kappa shape index (κ2) is 6.46. The highest BCUT2D eigenvalue weighted by molar-refractivity contribution is 8.02. The van der Waals surface area contributed by atoms with Crippen molar-refractivity contribution in [1.29, 1.82) is 5.26 Å². The first-order valence-electron chi connectivity index (χ1n) is 6.90. The third-order valence-electron chi connectivity index (χ3n) is 3.60. The lowest BCUT2D eigenvalue weighted by Crippen LogP contribution is -2.17. The van der Waals surface area contributed by atoms with Crippen molar-refractivity contribution in [3.05, 3.63) is 57.7 Å². The number of hydrogen-bond acceptors (Lipinski definition) is 3. The Bertz CT molecular complexity index is 819. The molecular formula is C16H11ClF3N3S. The van der Waals surface area contributed by atoms with Gasteiger partial charge in [0.15, 0.2) is 0 Å². The average Bonchev–Trinajstić information content (AvgIpc) is 3.15. The van der Waals surface area contributed by atoms with Gasteiger partial charge in [0.25, 0.3) is 0 Å². The summed E-state index contributed by atoms with van der Waals surface area (Å²) in [7, 11) is 0. The molecule has 2 heterocycles. The van der Waals surface area contributed by atoms with Gasteiger partial charge in [0.05, 0.1) is 17.1 Å². The number of nitrogens with zero attached hydrogens (tertiary/aromatic N) is 2. The maximum atomic E-state index is 13.4. The van der Waals surface area contributed by atoms with E-state index in [4.69, 9.17) is 11.6 Å². The molecule has 24 heavy (non-hydrogen) atoms. The number of nitrogens with one attached hydrogen (secondary N) is 1. The van der Waals surface area contributed by atoms with Crippen LogP contribution in [0.15, 0.2) is 35.9 Å². The van der Waals surface area contributed by atoms with E-state index in [-0.39, 0.29) is 23.4 Å². The molecule has 0 radical (unpaired) electrons. The SMILES string of the molecule is N#Cc1c(-c2ccc(Cl)cc2)[nH]c(C(F)(F)F)c1CN1C=CSC1. The molecule has 0 atom stereocenters. The molecule has 1 aliphatic rings. The first-order chi connectivity index (χ1) is 11.4. The molecule has 3 nitrogen and oxygen atoms in total. The molecule has 0 amide bonds.